The van der Waals surface area contributed by atoms with E-state index in [1.165, 1.54) is 11.1 Å². The predicted octanol–water partition coefficient (Wildman–Crippen LogP) is 0.754. The zero-order chi connectivity index (χ0) is 13.0. The number of amides is 2. The van der Waals surface area contributed by atoms with Crippen LogP contribution in [0, 0.1) is 11.3 Å². The second kappa shape index (κ2) is 5.32. The van der Waals surface area contributed by atoms with Gasteiger partial charge in [-0.05, 0) is 42.5 Å². The van der Waals surface area contributed by atoms with E-state index in [-0.39, 0.29) is 6.54 Å². The molecule has 0 bridgehead atoms. The molecule has 18 heavy (non-hydrogen) atoms. The van der Waals surface area contributed by atoms with Crippen LogP contribution in [0.15, 0.2) is 18.2 Å². The number of carbonyl (C=O) groups excluding carboxylic acids is 2. The number of rotatable bonds is 2. The number of anilines is 1. The molecule has 0 heterocycles. The first-order valence-corrected chi connectivity index (χ1v) is 5.78. The standard InChI is InChI=1S/C13H13N3O2/c14-6-7-15-12(17)13(18)16-11-5-4-9-2-1-3-10(9)8-11/h4-5,8H,1-3,7H2,(H,15,17)(H,16,18). The quantitative estimate of drug-likeness (QED) is 0.594. The van der Waals surface area contributed by atoms with Crippen LogP contribution in [0.5, 0.6) is 0 Å². The molecule has 0 spiro atoms. The number of aryl methyl sites for hydroxylation is 2. The highest BCUT2D eigenvalue weighted by Crippen LogP contribution is 2.24. The molecule has 0 saturated heterocycles. The van der Waals surface area contributed by atoms with Crippen LogP contribution in [0.25, 0.3) is 0 Å². The number of hydrogen-bond donors (Lipinski definition) is 2. The average molecular weight is 243 g/mol. The van der Waals surface area contributed by atoms with Crippen LogP contribution in [0.1, 0.15) is 17.5 Å². The van der Waals surface area contributed by atoms with Gasteiger partial charge >= 0.3 is 11.8 Å². The fraction of sp³-hybridized carbons (Fsp3) is 0.308. The van der Waals surface area contributed by atoms with Crippen molar-refractivity contribution in [2.24, 2.45) is 0 Å². The Labute approximate surface area is 105 Å². The number of nitriles is 1. The Morgan fingerprint density at radius 2 is 2.00 bits per heavy atom. The molecule has 2 amide bonds. The first-order valence-electron chi connectivity index (χ1n) is 5.78. The molecule has 1 aromatic carbocycles. The van der Waals surface area contributed by atoms with Gasteiger partial charge in [-0.3, -0.25) is 9.59 Å². The SMILES string of the molecule is N#CCNC(=O)C(=O)Nc1ccc2c(c1)CCC2. The van der Waals surface area contributed by atoms with Gasteiger partial charge in [0, 0.05) is 5.69 Å². The van der Waals surface area contributed by atoms with Gasteiger partial charge in [-0.2, -0.15) is 5.26 Å². The van der Waals surface area contributed by atoms with Crippen molar-refractivity contribution in [1.82, 2.24) is 5.32 Å². The maximum atomic E-state index is 11.5. The Balaban J connectivity index is 1.99. The minimum absolute atomic E-state index is 0.170. The molecule has 0 fully saturated rings. The predicted molar refractivity (Wildman–Crippen MR) is 65.7 cm³/mol. The van der Waals surface area contributed by atoms with Crippen LogP contribution in [-0.4, -0.2) is 18.4 Å². The van der Waals surface area contributed by atoms with Gasteiger partial charge < -0.3 is 10.6 Å². The summed E-state index contributed by atoms with van der Waals surface area (Å²) in [5.74, 6) is -1.54. The van der Waals surface area contributed by atoms with E-state index in [1.54, 1.807) is 12.1 Å². The second-order valence-electron chi connectivity index (χ2n) is 4.13. The van der Waals surface area contributed by atoms with Gasteiger partial charge in [-0.1, -0.05) is 6.07 Å². The molecule has 0 aliphatic heterocycles. The largest absolute Gasteiger partial charge is 0.335 e. The first kappa shape index (κ1) is 12.1. The summed E-state index contributed by atoms with van der Waals surface area (Å²) in [5, 5.41) is 13.0. The molecule has 0 saturated carbocycles. The lowest BCUT2D eigenvalue weighted by Gasteiger charge is -2.06. The highest BCUT2D eigenvalue weighted by molar-refractivity contribution is 6.39. The molecule has 92 valence electrons. The first-order chi connectivity index (χ1) is 8.70. The van der Waals surface area contributed by atoms with E-state index >= 15 is 0 Å². The third-order valence-corrected chi connectivity index (χ3v) is 2.89. The molecule has 0 aromatic heterocycles. The Kier molecular flexibility index (Phi) is 3.58. The van der Waals surface area contributed by atoms with E-state index in [9.17, 15) is 9.59 Å². The Morgan fingerprint density at radius 1 is 1.22 bits per heavy atom. The molecule has 5 nitrogen and oxygen atoms in total. The molecule has 2 N–H and O–H groups in total. The number of carbonyl (C=O) groups is 2. The molecule has 0 unspecified atom stereocenters. The summed E-state index contributed by atoms with van der Waals surface area (Å²) in [7, 11) is 0. The van der Waals surface area contributed by atoms with Crippen molar-refractivity contribution >= 4 is 17.5 Å². The number of nitrogens with zero attached hydrogens (tertiary/aromatic N) is 1. The van der Waals surface area contributed by atoms with Gasteiger partial charge in [-0.15, -0.1) is 0 Å². The summed E-state index contributed by atoms with van der Waals surface area (Å²) in [6.45, 7) is -0.170. The Morgan fingerprint density at radius 3 is 2.78 bits per heavy atom. The van der Waals surface area contributed by atoms with Crippen molar-refractivity contribution in [3.8, 4) is 6.07 Å². The van der Waals surface area contributed by atoms with E-state index in [1.807, 2.05) is 12.1 Å². The zero-order valence-corrected chi connectivity index (χ0v) is 9.82. The summed E-state index contributed by atoms with van der Waals surface area (Å²) in [6.07, 6.45) is 3.22. The van der Waals surface area contributed by atoms with Gasteiger partial charge in [0.2, 0.25) is 0 Å². The van der Waals surface area contributed by atoms with Crippen LogP contribution in [0.2, 0.25) is 0 Å². The van der Waals surface area contributed by atoms with Crippen molar-refractivity contribution in [2.75, 3.05) is 11.9 Å². The van der Waals surface area contributed by atoms with Crippen LogP contribution in [0.4, 0.5) is 5.69 Å². The summed E-state index contributed by atoms with van der Waals surface area (Å²) in [5.41, 5.74) is 3.15. The molecule has 0 radical (unpaired) electrons. The van der Waals surface area contributed by atoms with Gasteiger partial charge in [0.05, 0.1) is 6.07 Å². The van der Waals surface area contributed by atoms with Crippen LogP contribution in [-0.2, 0) is 22.4 Å². The van der Waals surface area contributed by atoms with E-state index in [0.717, 1.165) is 19.3 Å². The van der Waals surface area contributed by atoms with Crippen molar-refractivity contribution in [2.45, 2.75) is 19.3 Å². The summed E-state index contributed by atoms with van der Waals surface area (Å²) >= 11 is 0. The molecule has 0 atom stereocenters. The minimum atomic E-state index is -0.794. The molecular weight excluding hydrogens is 230 g/mol. The Hall–Kier alpha value is -2.35. The smallest absolute Gasteiger partial charge is 0.313 e. The summed E-state index contributed by atoms with van der Waals surface area (Å²) < 4.78 is 0. The van der Waals surface area contributed by atoms with Gasteiger partial charge in [0.25, 0.3) is 0 Å². The monoisotopic (exact) mass is 243 g/mol. The van der Waals surface area contributed by atoms with Crippen LogP contribution >= 0.6 is 0 Å². The molecule has 1 aliphatic rings. The van der Waals surface area contributed by atoms with Gasteiger partial charge in [0.15, 0.2) is 0 Å². The highest BCUT2D eigenvalue weighted by atomic mass is 16.2. The van der Waals surface area contributed by atoms with Gasteiger partial charge in [-0.25, -0.2) is 0 Å². The fourth-order valence-electron chi connectivity index (χ4n) is 2.04. The third-order valence-electron chi connectivity index (χ3n) is 2.89. The lowest BCUT2D eigenvalue weighted by molar-refractivity contribution is -0.136. The lowest BCUT2D eigenvalue weighted by Crippen LogP contribution is -2.35. The molecule has 2 rings (SSSR count). The molecule has 1 aromatic rings. The van der Waals surface area contributed by atoms with Crippen LogP contribution in [0.3, 0.4) is 0 Å². The van der Waals surface area contributed by atoms with Crippen molar-refractivity contribution in [3.05, 3.63) is 29.3 Å². The van der Waals surface area contributed by atoms with E-state index in [2.05, 4.69) is 10.6 Å². The van der Waals surface area contributed by atoms with Crippen molar-refractivity contribution in [1.29, 1.82) is 5.26 Å². The zero-order valence-electron chi connectivity index (χ0n) is 9.82. The Bertz CT molecular complexity index is 532. The number of fused-ring (bicyclic) bond motifs is 1. The lowest BCUT2D eigenvalue weighted by atomic mass is 10.1. The maximum Gasteiger partial charge on any atom is 0.313 e. The maximum absolute atomic E-state index is 11.5. The van der Waals surface area contributed by atoms with Gasteiger partial charge in [0.1, 0.15) is 6.54 Å². The topological polar surface area (TPSA) is 82.0 Å². The van der Waals surface area contributed by atoms with Crippen LogP contribution < -0.4 is 10.6 Å². The number of hydrogen-bond acceptors (Lipinski definition) is 3. The molecular formula is C13H13N3O2. The van der Waals surface area contributed by atoms with E-state index < -0.39 is 11.8 Å². The second-order valence-corrected chi connectivity index (χ2v) is 4.13. The molecule has 5 heteroatoms. The minimum Gasteiger partial charge on any atom is -0.335 e. The molecule has 1 aliphatic carbocycles. The third kappa shape index (κ3) is 2.66. The number of nitrogens with one attached hydrogen (secondary N) is 2. The van der Waals surface area contributed by atoms with Crippen molar-refractivity contribution < 1.29 is 9.59 Å². The normalized spacial score (nSPS) is 12.4. The van der Waals surface area contributed by atoms with Crippen molar-refractivity contribution in [3.63, 3.8) is 0 Å². The fourth-order valence-corrected chi connectivity index (χ4v) is 2.04. The number of benzene rings is 1. The van der Waals surface area contributed by atoms with E-state index in [0.29, 0.717) is 5.69 Å². The average Bonchev–Trinajstić information content (AvgIpc) is 2.83. The highest BCUT2D eigenvalue weighted by Gasteiger charge is 2.15. The summed E-state index contributed by atoms with van der Waals surface area (Å²) in [4.78, 5) is 22.8. The summed E-state index contributed by atoms with van der Waals surface area (Å²) in [6, 6.07) is 7.41. The van der Waals surface area contributed by atoms with E-state index in [4.69, 9.17) is 5.26 Å².